The van der Waals surface area contributed by atoms with Crippen molar-refractivity contribution in [3.05, 3.63) is 48.5 Å². The molecule has 1 atom stereocenters. The van der Waals surface area contributed by atoms with Crippen molar-refractivity contribution in [1.82, 2.24) is 0 Å². The Labute approximate surface area is 176 Å². The summed E-state index contributed by atoms with van der Waals surface area (Å²) in [6.07, 6.45) is 3.30. The second kappa shape index (κ2) is 11.3. The summed E-state index contributed by atoms with van der Waals surface area (Å²) in [4.78, 5) is 11.7. The molecule has 0 amide bonds. The molecule has 2 aromatic rings. The molecule has 2 aromatic carbocycles. The van der Waals surface area contributed by atoms with Crippen molar-refractivity contribution in [2.45, 2.75) is 54.9 Å². The molecule has 162 valence electrons. The van der Waals surface area contributed by atoms with E-state index < -0.39 is 21.9 Å². The van der Waals surface area contributed by atoms with Gasteiger partial charge in [-0.25, -0.2) is 13.2 Å². The van der Waals surface area contributed by atoms with Crippen molar-refractivity contribution in [1.29, 1.82) is 0 Å². The first-order valence-corrected chi connectivity index (χ1v) is 11.3. The van der Waals surface area contributed by atoms with Gasteiger partial charge in [0.25, 0.3) is 0 Å². The SMILES string of the molecule is CCCCCCC(Oc1ccc(S(=O)(=O)c2ccc(NN=NC)cc2)cc1)C(=O)O. The van der Waals surface area contributed by atoms with Crippen LogP contribution < -0.4 is 10.2 Å². The Balaban J connectivity index is 2.08. The number of rotatable bonds is 12. The number of nitrogens with zero attached hydrogens (tertiary/aromatic N) is 2. The molecule has 0 aliphatic carbocycles. The van der Waals surface area contributed by atoms with Crippen LogP contribution in [0.25, 0.3) is 0 Å². The van der Waals surface area contributed by atoms with E-state index in [-0.39, 0.29) is 9.79 Å². The van der Waals surface area contributed by atoms with Crippen LogP contribution in [0.3, 0.4) is 0 Å². The van der Waals surface area contributed by atoms with Gasteiger partial charge in [0.05, 0.1) is 22.5 Å². The van der Waals surface area contributed by atoms with Crippen LogP contribution >= 0.6 is 0 Å². The van der Waals surface area contributed by atoms with E-state index in [0.717, 1.165) is 25.7 Å². The van der Waals surface area contributed by atoms with Crippen molar-refractivity contribution in [3.63, 3.8) is 0 Å². The molecule has 8 nitrogen and oxygen atoms in total. The summed E-state index contributed by atoms with van der Waals surface area (Å²) in [5.74, 6) is -0.708. The molecule has 0 radical (unpaired) electrons. The average Bonchev–Trinajstić information content (AvgIpc) is 2.75. The number of anilines is 1. The third-order valence-electron chi connectivity index (χ3n) is 4.45. The Bertz CT molecular complexity index is 942. The van der Waals surface area contributed by atoms with Gasteiger partial charge in [-0.2, -0.15) is 5.11 Å². The molecule has 0 bridgehead atoms. The van der Waals surface area contributed by atoms with Gasteiger partial charge in [0, 0.05) is 0 Å². The minimum atomic E-state index is -3.71. The number of hydrogen-bond acceptors (Lipinski definition) is 6. The third-order valence-corrected chi connectivity index (χ3v) is 6.24. The molecule has 0 spiro atoms. The maximum absolute atomic E-state index is 12.8. The lowest BCUT2D eigenvalue weighted by atomic mass is 10.1. The van der Waals surface area contributed by atoms with Crippen molar-refractivity contribution in [2.75, 3.05) is 12.5 Å². The highest BCUT2D eigenvalue weighted by Gasteiger charge is 2.21. The van der Waals surface area contributed by atoms with Crippen LogP contribution in [0.2, 0.25) is 0 Å². The lowest BCUT2D eigenvalue weighted by Gasteiger charge is -2.15. The molecule has 0 saturated carbocycles. The summed E-state index contributed by atoms with van der Waals surface area (Å²) < 4.78 is 31.2. The Kier molecular flexibility index (Phi) is 8.79. The van der Waals surface area contributed by atoms with Gasteiger partial charge in [-0.05, 0) is 61.4 Å². The molecule has 0 saturated heterocycles. The van der Waals surface area contributed by atoms with Crippen LogP contribution in [0.4, 0.5) is 5.69 Å². The molecule has 0 aliphatic heterocycles. The molecule has 30 heavy (non-hydrogen) atoms. The Morgan fingerprint density at radius 3 is 2.17 bits per heavy atom. The first-order valence-electron chi connectivity index (χ1n) is 9.78. The Hall–Kier alpha value is -2.94. The van der Waals surface area contributed by atoms with Gasteiger partial charge in [-0.1, -0.05) is 31.4 Å². The van der Waals surface area contributed by atoms with Gasteiger partial charge in [0.15, 0.2) is 6.10 Å². The molecule has 0 aromatic heterocycles. The van der Waals surface area contributed by atoms with Gasteiger partial charge in [-0.3, -0.25) is 5.43 Å². The van der Waals surface area contributed by atoms with Crippen molar-refractivity contribution in [2.24, 2.45) is 10.3 Å². The fraction of sp³-hybridized carbons (Fsp3) is 0.381. The van der Waals surface area contributed by atoms with Crippen LogP contribution in [0, 0.1) is 0 Å². The van der Waals surface area contributed by atoms with Crippen LogP contribution in [0.5, 0.6) is 5.75 Å². The predicted molar refractivity (Wildman–Crippen MR) is 114 cm³/mol. The maximum Gasteiger partial charge on any atom is 0.344 e. The number of unbranched alkanes of at least 4 members (excludes halogenated alkanes) is 3. The van der Waals surface area contributed by atoms with Gasteiger partial charge >= 0.3 is 5.97 Å². The first kappa shape index (κ1) is 23.3. The van der Waals surface area contributed by atoms with E-state index >= 15 is 0 Å². The number of hydrogen-bond donors (Lipinski definition) is 2. The van der Waals surface area contributed by atoms with E-state index in [0.29, 0.717) is 17.9 Å². The largest absolute Gasteiger partial charge is 0.479 e. The number of benzene rings is 2. The second-order valence-electron chi connectivity index (χ2n) is 6.71. The minimum Gasteiger partial charge on any atom is -0.479 e. The molecule has 1 unspecified atom stereocenters. The second-order valence-corrected chi connectivity index (χ2v) is 8.65. The highest BCUT2D eigenvalue weighted by Crippen LogP contribution is 2.25. The van der Waals surface area contributed by atoms with Crippen LogP contribution in [-0.4, -0.2) is 32.6 Å². The van der Waals surface area contributed by atoms with Crippen LogP contribution in [0.15, 0.2) is 68.7 Å². The van der Waals surface area contributed by atoms with Gasteiger partial charge in [0.1, 0.15) is 5.75 Å². The molecular formula is C21H27N3O5S. The number of carboxylic acids is 1. The average molecular weight is 434 g/mol. The third kappa shape index (κ3) is 6.55. The fourth-order valence-electron chi connectivity index (χ4n) is 2.80. The Morgan fingerprint density at radius 1 is 1.03 bits per heavy atom. The van der Waals surface area contributed by atoms with E-state index in [1.54, 1.807) is 12.1 Å². The predicted octanol–water partition coefficient (Wildman–Crippen LogP) is 4.73. The zero-order valence-corrected chi connectivity index (χ0v) is 17.9. The van der Waals surface area contributed by atoms with Crippen LogP contribution in [0.1, 0.15) is 39.0 Å². The molecule has 0 fully saturated rings. The summed E-state index contributed by atoms with van der Waals surface area (Å²) in [6, 6.07) is 11.9. The highest BCUT2D eigenvalue weighted by molar-refractivity contribution is 7.91. The summed E-state index contributed by atoms with van der Waals surface area (Å²) in [5.41, 5.74) is 3.28. The number of aliphatic carboxylic acids is 1. The number of carboxylic acid groups (broad SMARTS) is 1. The van der Waals surface area contributed by atoms with E-state index in [2.05, 4.69) is 22.7 Å². The van der Waals surface area contributed by atoms with Gasteiger partial charge < -0.3 is 9.84 Å². The lowest BCUT2D eigenvalue weighted by Crippen LogP contribution is -2.26. The lowest BCUT2D eigenvalue weighted by molar-refractivity contribution is -0.145. The van der Waals surface area contributed by atoms with Gasteiger partial charge in [-0.15, -0.1) is 0 Å². The van der Waals surface area contributed by atoms with Gasteiger partial charge in [0.2, 0.25) is 9.84 Å². The maximum atomic E-state index is 12.8. The molecular weight excluding hydrogens is 406 g/mol. The normalized spacial score (nSPS) is 12.6. The topological polar surface area (TPSA) is 117 Å². The Morgan fingerprint density at radius 2 is 1.63 bits per heavy atom. The molecule has 2 N–H and O–H groups in total. The summed E-state index contributed by atoms with van der Waals surface area (Å²) in [6.45, 7) is 2.09. The van der Waals surface area contributed by atoms with Crippen molar-refractivity contribution in [3.8, 4) is 5.75 Å². The summed E-state index contributed by atoms with van der Waals surface area (Å²) >= 11 is 0. The highest BCUT2D eigenvalue weighted by atomic mass is 32.2. The number of sulfone groups is 1. The van der Waals surface area contributed by atoms with E-state index in [9.17, 15) is 18.3 Å². The zero-order chi connectivity index (χ0) is 22.0. The van der Waals surface area contributed by atoms with E-state index in [4.69, 9.17) is 4.74 Å². The number of nitrogens with one attached hydrogen (secondary N) is 1. The number of ether oxygens (including phenoxy) is 1. The van der Waals surface area contributed by atoms with Crippen molar-refractivity contribution < 1.29 is 23.1 Å². The molecule has 0 aliphatic rings. The zero-order valence-electron chi connectivity index (χ0n) is 17.1. The molecule has 9 heteroatoms. The van der Waals surface area contributed by atoms with E-state index in [1.165, 1.54) is 43.4 Å². The fourth-order valence-corrected chi connectivity index (χ4v) is 4.06. The minimum absolute atomic E-state index is 0.0959. The van der Waals surface area contributed by atoms with E-state index in [1.807, 2.05) is 0 Å². The smallest absolute Gasteiger partial charge is 0.344 e. The monoisotopic (exact) mass is 433 g/mol. The first-order chi connectivity index (χ1) is 14.4. The van der Waals surface area contributed by atoms with Crippen LogP contribution in [-0.2, 0) is 14.6 Å². The van der Waals surface area contributed by atoms with Crippen molar-refractivity contribution >= 4 is 21.5 Å². The quantitative estimate of drug-likeness (QED) is 0.284. The molecule has 2 rings (SSSR count). The number of carbonyl (C=O) groups is 1. The molecule has 0 heterocycles. The summed E-state index contributed by atoms with van der Waals surface area (Å²) in [5, 5.41) is 16.6. The summed E-state index contributed by atoms with van der Waals surface area (Å²) in [7, 11) is -2.19. The standard InChI is InChI=1S/C21H27N3O5S/c1-3-4-5-6-7-20(21(25)26)29-17-10-14-19(15-11-17)30(27,28)18-12-8-16(9-13-18)23-24-22-2/h8-15,20H,3-7H2,1-2H3,(H,22,23)(H,25,26).